The number of nitrogen functional groups attached to an aromatic ring is 1. The largest absolute Gasteiger partial charge is 0.382 e. The minimum atomic E-state index is -1.80. The normalized spacial score (nSPS) is 18.2. The molecule has 9 nitrogen and oxygen atoms in total. The fraction of sp³-hybridized carbons (Fsp3) is 0.435. The Hall–Kier alpha value is -3.17. The molecular formula is C23H29N5O4. The lowest BCUT2D eigenvalue weighted by molar-refractivity contribution is -0.153. The Morgan fingerprint density at radius 3 is 2.34 bits per heavy atom. The molecule has 1 aromatic heterocycles. The number of hydrogen-bond donors (Lipinski definition) is 4. The molecule has 0 radical (unpaired) electrons. The first-order valence-electron chi connectivity index (χ1n) is 10.9. The number of piperidine rings is 1. The van der Waals surface area contributed by atoms with Gasteiger partial charge in [0.05, 0.1) is 5.69 Å². The highest BCUT2D eigenvalue weighted by Crippen LogP contribution is 2.26. The SMILES string of the molecule is Nc1ncccc1N1CCC(CNC(=O)[C@H](O)[C@@H](O)C(=O)N2Cc3ccccc3C2)CC1. The number of nitrogens with one attached hydrogen (secondary N) is 1. The third kappa shape index (κ3) is 4.68. The van der Waals surface area contributed by atoms with Crippen LogP contribution in [0.2, 0.25) is 0 Å². The number of aromatic nitrogens is 1. The molecule has 0 aliphatic carbocycles. The molecule has 32 heavy (non-hydrogen) atoms. The Labute approximate surface area is 186 Å². The maximum Gasteiger partial charge on any atom is 0.255 e. The highest BCUT2D eigenvalue weighted by Gasteiger charge is 2.35. The average Bonchev–Trinajstić information content (AvgIpc) is 3.26. The number of rotatable bonds is 6. The van der Waals surface area contributed by atoms with Crippen LogP contribution in [-0.4, -0.2) is 63.8 Å². The summed E-state index contributed by atoms with van der Waals surface area (Å²) in [5, 5.41) is 23.2. The van der Waals surface area contributed by atoms with Crippen molar-refractivity contribution in [2.75, 3.05) is 30.3 Å². The van der Waals surface area contributed by atoms with Crippen molar-refractivity contribution < 1.29 is 19.8 Å². The van der Waals surface area contributed by atoms with E-state index in [-0.39, 0.29) is 5.92 Å². The first kappa shape index (κ1) is 22.0. The van der Waals surface area contributed by atoms with Crippen LogP contribution in [0, 0.1) is 5.92 Å². The van der Waals surface area contributed by atoms with Crippen molar-refractivity contribution in [2.45, 2.75) is 38.1 Å². The predicted octanol–water partition coefficient (Wildman–Crippen LogP) is 0.261. The smallest absolute Gasteiger partial charge is 0.255 e. The lowest BCUT2D eigenvalue weighted by atomic mass is 9.96. The van der Waals surface area contributed by atoms with Gasteiger partial charge in [-0.05, 0) is 42.0 Å². The first-order valence-corrected chi connectivity index (χ1v) is 10.9. The Balaban J connectivity index is 1.23. The summed E-state index contributed by atoms with van der Waals surface area (Å²) in [5.74, 6) is -0.643. The highest BCUT2D eigenvalue weighted by molar-refractivity contribution is 5.91. The summed E-state index contributed by atoms with van der Waals surface area (Å²) in [6.45, 7) is 2.68. The van der Waals surface area contributed by atoms with Crippen molar-refractivity contribution in [3.63, 3.8) is 0 Å². The lowest BCUT2D eigenvalue weighted by Gasteiger charge is -2.34. The van der Waals surface area contributed by atoms with Crippen LogP contribution in [0.5, 0.6) is 0 Å². The van der Waals surface area contributed by atoms with E-state index < -0.39 is 24.0 Å². The number of nitrogens with two attached hydrogens (primary N) is 1. The molecule has 0 bridgehead atoms. The van der Waals surface area contributed by atoms with Crippen molar-refractivity contribution in [1.29, 1.82) is 0 Å². The molecule has 2 aliphatic rings. The van der Waals surface area contributed by atoms with Gasteiger partial charge in [-0.15, -0.1) is 0 Å². The summed E-state index contributed by atoms with van der Waals surface area (Å²) < 4.78 is 0. The molecule has 2 aromatic rings. The zero-order valence-electron chi connectivity index (χ0n) is 17.9. The molecule has 1 saturated heterocycles. The van der Waals surface area contributed by atoms with Gasteiger partial charge >= 0.3 is 0 Å². The van der Waals surface area contributed by atoms with Crippen LogP contribution in [-0.2, 0) is 22.7 Å². The Bertz CT molecular complexity index is 951. The van der Waals surface area contributed by atoms with E-state index in [1.807, 2.05) is 36.4 Å². The third-order valence-corrected chi connectivity index (χ3v) is 6.31. The van der Waals surface area contributed by atoms with Gasteiger partial charge in [-0.3, -0.25) is 9.59 Å². The molecule has 4 rings (SSSR count). The molecule has 5 N–H and O–H groups in total. The number of pyridine rings is 1. The number of nitrogens with zero attached hydrogens (tertiary/aromatic N) is 3. The van der Waals surface area contributed by atoms with Gasteiger partial charge in [0, 0.05) is 38.9 Å². The summed E-state index contributed by atoms with van der Waals surface area (Å²) in [6, 6.07) is 11.4. The highest BCUT2D eigenvalue weighted by atomic mass is 16.3. The van der Waals surface area contributed by atoms with Gasteiger partial charge in [-0.2, -0.15) is 0 Å². The number of carbonyl (C=O) groups is 2. The molecule has 1 fully saturated rings. The zero-order valence-corrected chi connectivity index (χ0v) is 17.9. The number of hydrogen-bond acceptors (Lipinski definition) is 7. The van der Waals surface area contributed by atoms with Crippen molar-refractivity contribution >= 4 is 23.3 Å². The van der Waals surface area contributed by atoms with Gasteiger partial charge in [0.1, 0.15) is 5.82 Å². The van der Waals surface area contributed by atoms with Gasteiger partial charge in [-0.1, -0.05) is 24.3 Å². The second kappa shape index (κ2) is 9.54. The van der Waals surface area contributed by atoms with E-state index >= 15 is 0 Å². The maximum atomic E-state index is 12.6. The van der Waals surface area contributed by atoms with Gasteiger partial charge in [0.25, 0.3) is 11.8 Å². The second-order valence-corrected chi connectivity index (χ2v) is 8.44. The van der Waals surface area contributed by atoms with E-state index in [0.717, 1.165) is 42.7 Å². The van der Waals surface area contributed by atoms with Crippen LogP contribution < -0.4 is 16.0 Å². The molecule has 0 unspecified atom stereocenters. The fourth-order valence-corrected chi connectivity index (χ4v) is 4.36. The summed E-state index contributed by atoms with van der Waals surface area (Å²) in [4.78, 5) is 32.7. The third-order valence-electron chi connectivity index (χ3n) is 6.31. The molecule has 2 aliphatic heterocycles. The molecule has 3 heterocycles. The fourth-order valence-electron chi connectivity index (χ4n) is 4.36. The van der Waals surface area contributed by atoms with E-state index in [4.69, 9.17) is 5.73 Å². The monoisotopic (exact) mass is 439 g/mol. The van der Waals surface area contributed by atoms with Crippen LogP contribution in [0.3, 0.4) is 0 Å². The molecule has 2 amide bonds. The average molecular weight is 440 g/mol. The number of amides is 2. The van der Waals surface area contributed by atoms with Gasteiger partial charge in [-0.25, -0.2) is 4.98 Å². The number of fused-ring (bicyclic) bond motifs is 1. The number of aliphatic hydroxyl groups is 2. The van der Waals surface area contributed by atoms with Crippen LogP contribution >= 0.6 is 0 Å². The second-order valence-electron chi connectivity index (χ2n) is 8.44. The van der Waals surface area contributed by atoms with E-state index in [1.165, 1.54) is 4.90 Å². The van der Waals surface area contributed by atoms with Crippen LogP contribution in [0.1, 0.15) is 24.0 Å². The Kier molecular flexibility index (Phi) is 6.57. The molecule has 0 saturated carbocycles. The molecule has 1 aromatic carbocycles. The van der Waals surface area contributed by atoms with Crippen molar-refractivity contribution in [3.05, 3.63) is 53.7 Å². The zero-order chi connectivity index (χ0) is 22.7. The predicted molar refractivity (Wildman–Crippen MR) is 119 cm³/mol. The van der Waals surface area contributed by atoms with E-state index in [1.54, 1.807) is 6.20 Å². The first-order chi connectivity index (χ1) is 15.4. The number of anilines is 2. The molecular weight excluding hydrogens is 410 g/mol. The Morgan fingerprint density at radius 2 is 1.72 bits per heavy atom. The molecule has 9 heteroatoms. The summed E-state index contributed by atoms with van der Waals surface area (Å²) in [6.07, 6.45) is -0.244. The lowest BCUT2D eigenvalue weighted by Crippen LogP contribution is -2.50. The molecule has 170 valence electrons. The summed E-state index contributed by atoms with van der Waals surface area (Å²) in [5.41, 5.74) is 8.87. The maximum absolute atomic E-state index is 12.6. The van der Waals surface area contributed by atoms with Crippen LogP contribution in [0.4, 0.5) is 11.5 Å². The van der Waals surface area contributed by atoms with E-state index in [0.29, 0.717) is 25.5 Å². The number of aliphatic hydroxyl groups excluding tert-OH is 2. The van der Waals surface area contributed by atoms with Crippen molar-refractivity contribution in [2.24, 2.45) is 5.92 Å². The summed E-state index contributed by atoms with van der Waals surface area (Å²) in [7, 11) is 0. The molecule has 0 spiro atoms. The van der Waals surface area contributed by atoms with Gasteiger partial charge in [0.15, 0.2) is 12.2 Å². The number of carbonyl (C=O) groups excluding carboxylic acids is 2. The summed E-state index contributed by atoms with van der Waals surface area (Å²) >= 11 is 0. The van der Waals surface area contributed by atoms with Gasteiger partial charge < -0.3 is 31.1 Å². The topological polar surface area (TPSA) is 132 Å². The quantitative estimate of drug-likeness (QED) is 0.508. The van der Waals surface area contributed by atoms with Crippen LogP contribution in [0.15, 0.2) is 42.6 Å². The standard InChI is InChI=1S/C23H29N5O4/c24-21-18(6-3-9-25-21)27-10-7-15(8-11-27)12-26-22(31)19(29)20(30)23(32)28-13-16-4-1-2-5-17(16)14-28/h1-6,9,15,19-20,29-30H,7-8,10-14H2,(H2,24,25)(H,26,31)/t19-,20-/m1/s1. The van der Waals surface area contributed by atoms with Crippen LogP contribution in [0.25, 0.3) is 0 Å². The van der Waals surface area contributed by atoms with E-state index in [9.17, 15) is 19.8 Å². The Morgan fingerprint density at radius 1 is 1.06 bits per heavy atom. The molecule has 2 atom stereocenters. The van der Waals surface area contributed by atoms with Crippen molar-refractivity contribution in [1.82, 2.24) is 15.2 Å². The van der Waals surface area contributed by atoms with Crippen molar-refractivity contribution in [3.8, 4) is 0 Å². The number of benzene rings is 1. The van der Waals surface area contributed by atoms with Gasteiger partial charge in [0.2, 0.25) is 0 Å². The minimum Gasteiger partial charge on any atom is -0.382 e. The van der Waals surface area contributed by atoms with E-state index in [2.05, 4.69) is 15.2 Å². The minimum absolute atomic E-state index is 0.237.